The predicted molar refractivity (Wildman–Crippen MR) is 82.4 cm³/mol. The van der Waals surface area contributed by atoms with Gasteiger partial charge < -0.3 is 15.5 Å². The molecule has 7 nitrogen and oxygen atoms in total. The number of nitrogens with one attached hydrogen (secondary N) is 1. The molecule has 0 aliphatic heterocycles. The summed E-state index contributed by atoms with van der Waals surface area (Å²) in [6.45, 7) is 6.95. The highest BCUT2D eigenvalue weighted by atomic mass is 16.5. The van der Waals surface area contributed by atoms with Gasteiger partial charge in [-0.15, -0.1) is 0 Å². The van der Waals surface area contributed by atoms with Crippen LogP contribution in [0.15, 0.2) is 16.4 Å². The van der Waals surface area contributed by atoms with Crippen molar-refractivity contribution in [2.24, 2.45) is 0 Å². The standard InChI is InChI=1S/C14H21N5O2/c1-4-6-7-21-13-17-11(15)10-12(18-13)19(14(20)16-10)8-9(3)5-2/h5H,4,6-8H2,1-3H3,(H,16,20)(H2,15,17,18)/b9-5+. The van der Waals surface area contributed by atoms with Gasteiger partial charge in [0.05, 0.1) is 6.61 Å². The Balaban J connectivity index is 2.44. The smallest absolute Gasteiger partial charge is 0.328 e. The monoisotopic (exact) mass is 291 g/mol. The van der Waals surface area contributed by atoms with E-state index in [1.54, 1.807) is 0 Å². The highest BCUT2D eigenvalue weighted by molar-refractivity contribution is 5.81. The van der Waals surface area contributed by atoms with Gasteiger partial charge in [-0.2, -0.15) is 9.97 Å². The molecular formula is C14H21N5O2. The zero-order valence-electron chi connectivity index (χ0n) is 12.6. The van der Waals surface area contributed by atoms with Crippen LogP contribution in [0.4, 0.5) is 5.82 Å². The molecule has 0 unspecified atom stereocenters. The molecular weight excluding hydrogens is 270 g/mol. The minimum absolute atomic E-state index is 0.208. The number of hydrogen-bond acceptors (Lipinski definition) is 5. The van der Waals surface area contributed by atoms with E-state index in [0.29, 0.717) is 24.3 Å². The molecule has 0 aliphatic rings. The molecule has 7 heteroatoms. The Kier molecular flexibility index (Phi) is 4.62. The first-order valence-corrected chi connectivity index (χ1v) is 7.07. The van der Waals surface area contributed by atoms with Crippen molar-refractivity contribution in [2.75, 3.05) is 12.3 Å². The summed E-state index contributed by atoms with van der Waals surface area (Å²) in [6, 6.07) is 0.208. The number of hydrogen-bond donors (Lipinski definition) is 2. The number of aromatic amines is 1. The fourth-order valence-corrected chi connectivity index (χ4v) is 1.89. The van der Waals surface area contributed by atoms with Crippen LogP contribution in [0.25, 0.3) is 11.2 Å². The molecule has 0 aromatic carbocycles. The Hall–Kier alpha value is -2.31. The number of unbranched alkanes of at least 4 members (excludes halogenated alkanes) is 1. The van der Waals surface area contributed by atoms with Crippen molar-refractivity contribution in [1.29, 1.82) is 0 Å². The number of fused-ring (bicyclic) bond motifs is 1. The van der Waals surface area contributed by atoms with Gasteiger partial charge in [-0.05, 0) is 20.3 Å². The third-order valence-electron chi connectivity index (χ3n) is 3.26. The Morgan fingerprint density at radius 2 is 2.24 bits per heavy atom. The molecule has 0 radical (unpaired) electrons. The summed E-state index contributed by atoms with van der Waals surface area (Å²) in [5.74, 6) is 0.223. The van der Waals surface area contributed by atoms with Gasteiger partial charge in [0.15, 0.2) is 11.5 Å². The molecule has 0 fully saturated rings. The molecule has 114 valence electrons. The molecule has 0 aliphatic carbocycles. The number of nitrogens with zero attached hydrogens (tertiary/aromatic N) is 3. The van der Waals surface area contributed by atoms with Gasteiger partial charge in [-0.3, -0.25) is 4.57 Å². The molecule has 0 atom stereocenters. The predicted octanol–water partition coefficient (Wildman–Crippen LogP) is 1.85. The van der Waals surface area contributed by atoms with Crippen LogP contribution in [-0.2, 0) is 6.54 Å². The fraction of sp³-hybridized carbons (Fsp3) is 0.500. The van der Waals surface area contributed by atoms with Gasteiger partial charge in [0.1, 0.15) is 5.52 Å². The molecule has 0 amide bonds. The largest absolute Gasteiger partial charge is 0.463 e. The Morgan fingerprint density at radius 1 is 1.48 bits per heavy atom. The van der Waals surface area contributed by atoms with E-state index in [2.05, 4.69) is 21.9 Å². The number of anilines is 1. The summed E-state index contributed by atoms with van der Waals surface area (Å²) in [4.78, 5) is 23.1. The number of nitrogens with two attached hydrogens (primary N) is 1. The summed E-state index contributed by atoms with van der Waals surface area (Å²) >= 11 is 0. The highest BCUT2D eigenvalue weighted by Gasteiger charge is 2.14. The molecule has 3 N–H and O–H groups in total. The van der Waals surface area contributed by atoms with Gasteiger partial charge >= 0.3 is 11.7 Å². The number of H-pyrrole nitrogens is 1. The Bertz CT molecular complexity index is 714. The summed E-state index contributed by atoms with van der Waals surface area (Å²) in [5.41, 5.74) is 7.61. The molecule has 0 saturated carbocycles. The van der Waals surface area contributed by atoms with E-state index in [1.807, 2.05) is 19.9 Å². The van der Waals surface area contributed by atoms with Crippen molar-refractivity contribution in [1.82, 2.24) is 19.5 Å². The maximum absolute atomic E-state index is 12.0. The summed E-state index contributed by atoms with van der Waals surface area (Å²) in [7, 11) is 0. The lowest BCUT2D eigenvalue weighted by Crippen LogP contribution is -2.17. The zero-order chi connectivity index (χ0) is 15.4. The summed E-state index contributed by atoms with van der Waals surface area (Å²) in [6.07, 6.45) is 3.89. The number of allylic oxidation sites excluding steroid dienone is 2. The Morgan fingerprint density at radius 3 is 2.90 bits per heavy atom. The first-order chi connectivity index (χ1) is 10.1. The van der Waals surface area contributed by atoms with Crippen LogP contribution < -0.4 is 16.2 Å². The Labute approximate surface area is 122 Å². The molecule has 2 aromatic rings. The third-order valence-corrected chi connectivity index (χ3v) is 3.26. The van der Waals surface area contributed by atoms with E-state index in [9.17, 15) is 4.79 Å². The van der Waals surface area contributed by atoms with Crippen LogP contribution in [0.2, 0.25) is 0 Å². The lowest BCUT2D eigenvalue weighted by atomic mass is 10.3. The lowest BCUT2D eigenvalue weighted by molar-refractivity contribution is 0.286. The maximum Gasteiger partial charge on any atom is 0.328 e. The van der Waals surface area contributed by atoms with Gasteiger partial charge in [0.25, 0.3) is 0 Å². The van der Waals surface area contributed by atoms with Crippen molar-refractivity contribution in [2.45, 2.75) is 40.2 Å². The first-order valence-electron chi connectivity index (χ1n) is 7.07. The van der Waals surface area contributed by atoms with E-state index in [1.165, 1.54) is 4.57 Å². The molecule has 2 aromatic heterocycles. The third kappa shape index (κ3) is 3.24. The number of ether oxygens (including phenoxy) is 1. The summed E-state index contributed by atoms with van der Waals surface area (Å²) < 4.78 is 7.02. The van der Waals surface area contributed by atoms with Crippen LogP contribution in [-0.4, -0.2) is 26.1 Å². The summed E-state index contributed by atoms with van der Waals surface area (Å²) in [5, 5.41) is 0. The molecule has 0 saturated heterocycles. The van der Waals surface area contributed by atoms with Crippen LogP contribution >= 0.6 is 0 Å². The van der Waals surface area contributed by atoms with Crippen LogP contribution in [0.5, 0.6) is 6.01 Å². The van der Waals surface area contributed by atoms with E-state index in [4.69, 9.17) is 10.5 Å². The van der Waals surface area contributed by atoms with E-state index in [0.717, 1.165) is 18.4 Å². The second kappa shape index (κ2) is 6.43. The topological polar surface area (TPSA) is 98.8 Å². The van der Waals surface area contributed by atoms with E-state index < -0.39 is 0 Å². The maximum atomic E-state index is 12.0. The number of nitrogen functional groups attached to an aromatic ring is 1. The molecule has 21 heavy (non-hydrogen) atoms. The molecule has 2 rings (SSSR count). The van der Waals surface area contributed by atoms with Crippen LogP contribution in [0.3, 0.4) is 0 Å². The minimum Gasteiger partial charge on any atom is -0.463 e. The average Bonchev–Trinajstić information content (AvgIpc) is 2.77. The van der Waals surface area contributed by atoms with Gasteiger partial charge in [0, 0.05) is 6.54 Å². The van der Waals surface area contributed by atoms with Crippen molar-refractivity contribution in [3.63, 3.8) is 0 Å². The van der Waals surface area contributed by atoms with Crippen LogP contribution in [0.1, 0.15) is 33.6 Å². The van der Waals surface area contributed by atoms with Crippen molar-refractivity contribution in [3.05, 3.63) is 22.1 Å². The van der Waals surface area contributed by atoms with Crippen molar-refractivity contribution >= 4 is 17.0 Å². The van der Waals surface area contributed by atoms with Gasteiger partial charge in [-0.25, -0.2) is 4.79 Å². The molecule has 0 bridgehead atoms. The minimum atomic E-state index is -0.252. The second-order valence-electron chi connectivity index (χ2n) is 4.94. The normalized spacial score (nSPS) is 12.0. The van der Waals surface area contributed by atoms with Crippen molar-refractivity contribution < 1.29 is 4.74 Å². The van der Waals surface area contributed by atoms with Crippen LogP contribution in [0, 0.1) is 0 Å². The van der Waals surface area contributed by atoms with Crippen molar-refractivity contribution in [3.8, 4) is 6.01 Å². The highest BCUT2D eigenvalue weighted by Crippen LogP contribution is 2.18. The number of imidazole rings is 1. The SMILES string of the molecule is C/C=C(\C)Cn1c(=O)[nH]c2c(N)nc(OCCCC)nc21. The average molecular weight is 291 g/mol. The zero-order valence-corrected chi connectivity index (χ0v) is 12.6. The molecule has 2 heterocycles. The fourth-order valence-electron chi connectivity index (χ4n) is 1.89. The lowest BCUT2D eigenvalue weighted by Gasteiger charge is -2.06. The molecule has 0 spiro atoms. The van der Waals surface area contributed by atoms with E-state index in [-0.39, 0.29) is 17.5 Å². The quantitative estimate of drug-likeness (QED) is 0.625. The number of aromatic nitrogens is 4. The van der Waals surface area contributed by atoms with Gasteiger partial charge in [0.2, 0.25) is 0 Å². The second-order valence-corrected chi connectivity index (χ2v) is 4.94. The van der Waals surface area contributed by atoms with E-state index >= 15 is 0 Å². The first kappa shape index (κ1) is 15.1. The van der Waals surface area contributed by atoms with Gasteiger partial charge in [-0.1, -0.05) is 25.0 Å². The number of rotatable bonds is 6.